The first-order valence-corrected chi connectivity index (χ1v) is 9.93. The van der Waals surface area contributed by atoms with Gasteiger partial charge in [-0.25, -0.2) is 0 Å². The minimum absolute atomic E-state index is 0.595. The van der Waals surface area contributed by atoms with Crippen LogP contribution in [0.3, 0.4) is 0 Å². The first-order valence-electron chi connectivity index (χ1n) is 9.93. The molecule has 0 aromatic heterocycles. The smallest absolute Gasteiger partial charge is 0.0237 e. The molecule has 2 rings (SSSR count). The van der Waals surface area contributed by atoms with Crippen LogP contribution in [0.5, 0.6) is 0 Å². The maximum absolute atomic E-state index is 3.66. The summed E-state index contributed by atoms with van der Waals surface area (Å²) in [5.74, 6) is 0. The Morgan fingerprint density at radius 3 is 2.32 bits per heavy atom. The molecule has 2 unspecified atom stereocenters. The molecule has 2 atom stereocenters. The van der Waals surface area contributed by atoms with Crippen molar-refractivity contribution in [2.24, 2.45) is 0 Å². The molecule has 1 heterocycles. The number of rotatable bonds is 2. The largest absolute Gasteiger partial charge is 0.313 e. The standard InChI is InChI=1S/C21H38N4/c1-19-10-13-24(4)16-17-25(18-21-8-6-5-7-9-21)20(2)11-14-23(3)15-12-22-19/h5-9,19-20,22H,10-18H2,1-4H3. The second-order valence-corrected chi connectivity index (χ2v) is 7.84. The highest BCUT2D eigenvalue weighted by molar-refractivity contribution is 5.14. The molecule has 1 fully saturated rings. The van der Waals surface area contributed by atoms with Crippen LogP contribution in [0.2, 0.25) is 0 Å². The van der Waals surface area contributed by atoms with Crippen LogP contribution in [0.25, 0.3) is 0 Å². The molecule has 1 aromatic carbocycles. The van der Waals surface area contributed by atoms with Gasteiger partial charge in [-0.1, -0.05) is 30.3 Å². The molecule has 1 N–H and O–H groups in total. The van der Waals surface area contributed by atoms with E-state index in [0.717, 1.165) is 39.3 Å². The van der Waals surface area contributed by atoms with Crippen molar-refractivity contribution in [2.45, 2.75) is 45.3 Å². The quantitative estimate of drug-likeness (QED) is 0.888. The fourth-order valence-electron chi connectivity index (χ4n) is 3.40. The fraction of sp³-hybridized carbons (Fsp3) is 0.714. The van der Waals surface area contributed by atoms with Crippen molar-refractivity contribution >= 4 is 0 Å². The minimum Gasteiger partial charge on any atom is -0.313 e. The van der Waals surface area contributed by atoms with Crippen LogP contribution in [0.15, 0.2) is 30.3 Å². The lowest BCUT2D eigenvalue weighted by molar-refractivity contribution is 0.150. The summed E-state index contributed by atoms with van der Waals surface area (Å²) >= 11 is 0. The van der Waals surface area contributed by atoms with Gasteiger partial charge in [0.1, 0.15) is 0 Å². The van der Waals surface area contributed by atoms with Gasteiger partial charge in [0.05, 0.1) is 0 Å². The van der Waals surface area contributed by atoms with Crippen LogP contribution in [0.1, 0.15) is 32.3 Å². The summed E-state index contributed by atoms with van der Waals surface area (Å²) in [6, 6.07) is 12.1. The zero-order valence-corrected chi connectivity index (χ0v) is 16.7. The summed E-state index contributed by atoms with van der Waals surface area (Å²) in [4.78, 5) is 7.61. The lowest BCUT2D eigenvalue weighted by Gasteiger charge is -2.33. The van der Waals surface area contributed by atoms with Crippen LogP contribution < -0.4 is 5.32 Å². The Balaban J connectivity index is 1.99. The molecule has 0 saturated carbocycles. The number of likely N-dealkylation sites (N-methyl/N-ethyl adjacent to an activating group) is 2. The summed E-state index contributed by atoms with van der Waals surface area (Å²) in [6.07, 6.45) is 2.44. The van der Waals surface area contributed by atoms with E-state index >= 15 is 0 Å². The Bertz CT molecular complexity index is 464. The lowest BCUT2D eigenvalue weighted by atomic mass is 10.1. The molecule has 0 bridgehead atoms. The minimum atomic E-state index is 0.595. The van der Waals surface area contributed by atoms with Gasteiger partial charge >= 0.3 is 0 Å². The topological polar surface area (TPSA) is 21.8 Å². The van der Waals surface area contributed by atoms with Crippen molar-refractivity contribution < 1.29 is 0 Å². The van der Waals surface area contributed by atoms with E-state index in [0.29, 0.717) is 12.1 Å². The van der Waals surface area contributed by atoms with Gasteiger partial charge < -0.3 is 15.1 Å². The van der Waals surface area contributed by atoms with Gasteiger partial charge in [0.2, 0.25) is 0 Å². The maximum Gasteiger partial charge on any atom is 0.0237 e. The van der Waals surface area contributed by atoms with Crippen LogP contribution >= 0.6 is 0 Å². The first-order chi connectivity index (χ1) is 12.0. The number of benzene rings is 1. The SMILES string of the molecule is CC1CCN(C)CCN(Cc2ccccc2)C(C)CCN(C)CCN1. The van der Waals surface area contributed by atoms with E-state index < -0.39 is 0 Å². The van der Waals surface area contributed by atoms with Gasteiger partial charge in [-0.2, -0.15) is 0 Å². The van der Waals surface area contributed by atoms with Gasteiger partial charge in [0, 0.05) is 44.8 Å². The molecule has 1 aliphatic rings. The molecule has 1 saturated heterocycles. The third-order valence-corrected chi connectivity index (χ3v) is 5.48. The summed E-state index contributed by atoms with van der Waals surface area (Å²) in [5.41, 5.74) is 1.42. The normalized spacial score (nSPS) is 27.0. The van der Waals surface area contributed by atoms with Crippen molar-refractivity contribution in [1.29, 1.82) is 0 Å². The van der Waals surface area contributed by atoms with Crippen LogP contribution in [-0.2, 0) is 6.54 Å². The summed E-state index contributed by atoms with van der Waals surface area (Å²) in [7, 11) is 4.51. The Hall–Kier alpha value is -0.940. The molecular formula is C21H38N4. The summed E-state index contributed by atoms with van der Waals surface area (Å²) in [5, 5.41) is 3.66. The lowest BCUT2D eigenvalue weighted by Crippen LogP contribution is -2.42. The predicted octanol–water partition coefficient (Wildman–Crippen LogP) is 2.51. The van der Waals surface area contributed by atoms with Gasteiger partial charge in [-0.3, -0.25) is 4.90 Å². The third-order valence-electron chi connectivity index (χ3n) is 5.48. The van der Waals surface area contributed by atoms with E-state index in [2.05, 4.69) is 78.3 Å². The molecule has 0 amide bonds. The average molecular weight is 347 g/mol. The second kappa shape index (κ2) is 10.9. The maximum atomic E-state index is 3.66. The first kappa shape index (κ1) is 20.4. The molecule has 25 heavy (non-hydrogen) atoms. The van der Waals surface area contributed by atoms with Crippen molar-refractivity contribution in [3.05, 3.63) is 35.9 Å². The highest BCUT2D eigenvalue weighted by Crippen LogP contribution is 2.12. The summed E-state index contributed by atoms with van der Waals surface area (Å²) < 4.78 is 0. The van der Waals surface area contributed by atoms with E-state index in [9.17, 15) is 0 Å². The Kier molecular flexibility index (Phi) is 8.90. The van der Waals surface area contributed by atoms with Crippen molar-refractivity contribution in [3.8, 4) is 0 Å². The van der Waals surface area contributed by atoms with Gasteiger partial charge in [0.25, 0.3) is 0 Å². The van der Waals surface area contributed by atoms with E-state index in [1.54, 1.807) is 0 Å². The number of nitrogens with one attached hydrogen (secondary N) is 1. The highest BCUT2D eigenvalue weighted by Gasteiger charge is 2.16. The Labute approximate surface area is 155 Å². The Morgan fingerprint density at radius 1 is 0.880 bits per heavy atom. The molecule has 0 aliphatic carbocycles. The van der Waals surface area contributed by atoms with Crippen molar-refractivity contribution in [1.82, 2.24) is 20.0 Å². The molecule has 0 radical (unpaired) electrons. The molecule has 1 aromatic rings. The van der Waals surface area contributed by atoms with Gasteiger partial charge in [0.15, 0.2) is 0 Å². The highest BCUT2D eigenvalue weighted by atomic mass is 15.2. The van der Waals surface area contributed by atoms with E-state index in [-0.39, 0.29) is 0 Å². The van der Waals surface area contributed by atoms with E-state index in [1.165, 1.54) is 24.9 Å². The number of hydrogen-bond acceptors (Lipinski definition) is 4. The molecule has 1 aliphatic heterocycles. The van der Waals surface area contributed by atoms with Gasteiger partial charge in [-0.05, 0) is 59.4 Å². The van der Waals surface area contributed by atoms with Crippen LogP contribution in [0, 0.1) is 0 Å². The van der Waals surface area contributed by atoms with Crippen LogP contribution in [-0.4, -0.2) is 80.1 Å². The predicted molar refractivity (Wildman–Crippen MR) is 108 cm³/mol. The Morgan fingerprint density at radius 2 is 1.56 bits per heavy atom. The number of nitrogens with zero attached hydrogens (tertiary/aromatic N) is 3. The van der Waals surface area contributed by atoms with Gasteiger partial charge in [-0.15, -0.1) is 0 Å². The number of hydrogen-bond donors (Lipinski definition) is 1. The van der Waals surface area contributed by atoms with Crippen LogP contribution in [0.4, 0.5) is 0 Å². The monoisotopic (exact) mass is 346 g/mol. The van der Waals surface area contributed by atoms with E-state index in [4.69, 9.17) is 0 Å². The third kappa shape index (κ3) is 7.87. The van der Waals surface area contributed by atoms with E-state index in [1.807, 2.05) is 0 Å². The van der Waals surface area contributed by atoms with Crippen molar-refractivity contribution in [2.75, 3.05) is 53.4 Å². The zero-order chi connectivity index (χ0) is 18.1. The second-order valence-electron chi connectivity index (χ2n) is 7.84. The average Bonchev–Trinajstić information content (AvgIpc) is 2.61. The molecule has 4 nitrogen and oxygen atoms in total. The fourth-order valence-corrected chi connectivity index (χ4v) is 3.40. The molecular weight excluding hydrogens is 308 g/mol. The van der Waals surface area contributed by atoms with Crippen molar-refractivity contribution in [3.63, 3.8) is 0 Å². The molecule has 4 heteroatoms. The molecule has 0 spiro atoms. The molecule has 142 valence electrons. The zero-order valence-electron chi connectivity index (χ0n) is 16.7. The summed E-state index contributed by atoms with van der Waals surface area (Å²) in [6.45, 7) is 12.6.